The first kappa shape index (κ1) is 18.7. The lowest BCUT2D eigenvalue weighted by atomic mass is 10.1. The van der Waals surface area contributed by atoms with Crippen molar-refractivity contribution < 1.29 is 23.7 Å². The van der Waals surface area contributed by atoms with Crippen LogP contribution in [-0.2, 0) is 4.79 Å². The molecule has 9 nitrogen and oxygen atoms in total. The molecule has 0 amide bonds. The zero-order valence-corrected chi connectivity index (χ0v) is 15.1. The van der Waals surface area contributed by atoms with Crippen molar-refractivity contribution in [3.8, 4) is 11.3 Å². The number of aromatic nitrogens is 2. The SMILES string of the molecule is Cc1nnc(S/C(=C/c2ccc(-c3ccc([N+](=O)[O-])cc3Cl)o2)C(=O)[O-])o1. The Bertz CT molecular complexity index is 1060. The van der Waals surface area contributed by atoms with Crippen LogP contribution in [0.5, 0.6) is 0 Å². The van der Waals surface area contributed by atoms with Gasteiger partial charge in [-0.05, 0) is 36.0 Å². The van der Waals surface area contributed by atoms with Gasteiger partial charge in [0.1, 0.15) is 11.5 Å². The van der Waals surface area contributed by atoms with E-state index >= 15 is 0 Å². The Morgan fingerprint density at radius 3 is 2.63 bits per heavy atom. The Morgan fingerprint density at radius 2 is 2.04 bits per heavy atom. The highest BCUT2D eigenvalue weighted by Gasteiger charge is 2.14. The smallest absolute Gasteiger partial charge is 0.281 e. The van der Waals surface area contributed by atoms with Crippen molar-refractivity contribution in [1.29, 1.82) is 0 Å². The van der Waals surface area contributed by atoms with Gasteiger partial charge in [0.05, 0.1) is 15.9 Å². The van der Waals surface area contributed by atoms with Gasteiger partial charge in [-0.1, -0.05) is 11.6 Å². The van der Waals surface area contributed by atoms with Gasteiger partial charge in [0, 0.05) is 29.5 Å². The Hall–Kier alpha value is -3.11. The Morgan fingerprint density at radius 1 is 1.26 bits per heavy atom. The monoisotopic (exact) mass is 406 g/mol. The summed E-state index contributed by atoms with van der Waals surface area (Å²) in [5.74, 6) is -0.620. The molecular weight excluding hydrogens is 398 g/mol. The summed E-state index contributed by atoms with van der Waals surface area (Å²) in [6, 6.07) is 7.03. The molecule has 3 aromatic rings. The summed E-state index contributed by atoms with van der Waals surface area (Å²) < 4.78 is 10.7. The molecule has 27 heavy (non-hydrogen) atoms. The van der Waals surface area contributed by atoms with E-state index in [1.54, 1.807) is 13.0 Å². The van der Waals surface area contributed by atoms with Crippen molar-refractivity contribution in [3.63, 3.8) is 0 Å². The van der Waals surface area contributed by atoms with Crippen molar-refractivity contribution in [1.82, 2.24) is 10.2 Å². The van der Waals surface area contributed by atoms with Gasteiger partial charge in [0.25, 0.3) is 10.9 Å². The molecule has 0 unspecified atom stereocenters. The first-order valence-corrected chi connectivity index (χ1v) is 8.48. The molecule has 2 aromatic heterocycles. The van der Waals surface area contributed by atoms with Gasteiger partial charge >= 0.3 is 0 Å². The highest BCUT2D eigenvalue weighted by Crippen LogP contribution is 2.33. The van der Waals surface area contributed by atoms with E-state index in [1.807, 2.05) is 0 Å². The van der Waals surface area contributed by atoms with Crippen LogP contribution >= 0.6 is 23.4 Å². The maximum Gasteiger partial charge on any atom is 0.281 e. The van der Waals surface area contributed by atoms with E-state index in [0.29, 0.717) is 17.2 Å². The fourth-order valence-corrected chi connectivity index (χ4v) is 3.02. The standard InChI is InChI=1S/C16H10ClN3O6S/c1-8-18-19-16(25-8)27-14(15(21)22)7-10-3-5-13(26-10)11-4-2-9(20(23)24)6-12(11)17/h2-7H,1H3,(H,21,22)/p-1/b14-7+. The number of aliphatic carboxylic acids is 1. The minimum absolute atomic E-state index is 0.0492. The van der Waals surface area contributed by atoms with Crippen LogP contribution in [0.1, 0.15) is 11.7 Å². The Labute approximate surface area is 160 Å². The first-order chi connectivity index (χ1) is 12.8. The average Bonchev–Trinajstić information content (AvgIpc) is 3.23. The molecule has 2 heterocycles. The third-order valence-corrected chi connectivity index (χ3v) is 4.39. The number of nitro benzene ring substituents is 1. The lowest BCUT2D eigenvalue weighted by Gasteiger charge is -2.04. The number of halogens is 1. The normalized spacial score (nSPS) is 11.6. The highest BCUT2D eigenvalue weighted by molar-refractivity contribution is 8.03. The summed E-state index contributed by atoms with van der Waals surface area (Å²) in [5, 5.41) is 29.6. The summed E-state index contributed by atoms with van der Waals surface area (Å²) >= 11 is 6.79. The van der Waals surface area contributed by atoms with Crippen molar-refractivity contribution >= 4 is 41.1 Å². The summed E-state index contributed by atoms with van der Waals surface area (Å²) in [5.41, 5.74) is 0.276. The van der Waals surface area contributed by atoms with E-state index in [0.717, 1.165) is 11.8 Å². The molecule has 0 aliphatic rings. The minimum atomic E-state index is -1.44. The van der Waals surface area contributed by atoms with Crippen LogP contribution in [-0.4, -0.2) is 21.1 Å². The molecule has 0 saturated carbocycles. The van der Waals surface area contributed by atoms with Gasteiger partial charge in [-0.2, -0.15) is 0 Å². The number of non-ortho nitro benzene ring substituents is 1. The van der Waals surface area contributed by atoms with Crippen molar-refractivity contribution in [2.75, 3.05) is 0 Å². The molecule has 0 saturated heterocycles. The Balaban J connectivity index is 1.88. The van der Waals surface area contributed by atoms with Crippen LogP contribution < -0.4 is 5.11 Å². The van der Waals surface area contributed by atoms with E-state index in [4.69, 9.17) is 20.4 Å². The van der Waals surface area contributed by atoms with E-state index < -0.39 is 10.9 Å². The predicted octanol–water partition coefficient (Wildman–Crippen LogP) is 3.08. The summed E-state index contributed by atoms with van der Waals surface area (Å²) in [6.07, 6.45) is 1.24. The van der Waals surface area contributed by atoms with E-state index in [9.17, 15) is 20.0 Å². The topological polar surface area (TPSA) is 135 Å². The van der Waals surface area contributed by atoms with Gasteiger partial charge in [0.15, 0.2) is 0 Å². The van der Waals surface area contributed by atoms with Gasteiger partial charge < -0.3 is 18.7 Å². The van der Waals surface area contributed by atoms with Crippen LogP contribution in [0.15, 0.2) is 49.3 Å². The molecule has 3 rings (SSSR count). The first-order valence-electron chi connectivity index (χ1n) is 7.28. The van der Waals surface area contributed by atoms with Crippen LogP contribution in [0.4, 0.5) is 5.69 Å². The molecule has 1 aromatic carbocycles. The molecule has 0 aliphatic heterocycles. The number of nitrogens with zero attached hydrogens (tertiary/aromatic N) is 3. The number of hydrogen-bond donors (Lipinski definition) is 0. The number of carboxylic acids is 1. The van der Waals surface area contributed by atoms with Crippen LogP contribution in [0.3, 0.4) is 0 Å². The lowest BCUT2D eigenvalue weighted by Crippen LogP contribution is -2.22. The molecule has 0 aliphatic carbocycles. The number of furan rings is 1. The maximum atomic E-state index is 11.3. The van der Waals surface area contributed by atoms with Crippen LogP contribution in [0.25, 0.3) is 17.4 Å². The highest BCUT2D eigenvalue weighted by atomic mass is 35.5. The van der Waals surface area contributed by atoms with Crippen LogP contribution in [0, 0.1) is 17.0 Å². The second-order valence-corrected chi connectivity index (χ2v) is 6.51. The number of carbonyl (C=O) groups excluding carboxylic acids is 1. The fraction of sp³-hybridized carbons (Fsp3) is 0.0625. The number of carboxylic acid groups (broad SMARTS) is 1. The predicted molar refractivity (Wildman–Crippen MR) is 93.7 cm³/mol. The van der Waals surface area contributed by atoms with Gasteiger partial charge in [-0.15, -0.1) is 10.2 Å². The molecule has 0 fully saturated rings. The van der Waals surface area contributed by atoms with Gasteiger partial charge in [-0.25, -0.2) is 0 Å². The number of carbonyl (C=O) groups is 1. The Kier molecular flexibility index (Phi) is 5.28. The average molecular weight is 407 g/mol. The van der Waals surface area contributed by atoms with Crippen LogP contribution in [0.2, 0.25) is 5.02 Å². The molecule has 0 atom stereocenters. The molecule has 0 bridgehead atoms. The summed E-state index contributed by atoms with van der Waals surface area (Å²) in [7, 11) is 0. The number of hydrogen-bond acceptors (Lipinski definition) is 9. The number of nitro groups is 1. The number of thioether (sulfide) groups is 1. The quantitative estimate of drug-likeness (QED) is 0.261. The molecule has 0 spiro atoms. The molecular formula is C16H9ClN3O6S-. The third kappa shape index (κ3) is 4.36. The van der Waals surface area contributed by atoms with Gasteiger partial charge in [-0.3, -0.25) is 10.1 Å². The lowest BCUT2D eigenvalue weighted by molar-refractivity contribution is -0.384. The summed E-state index contributed by atoms with van der Waals surface area (Å²) in [4.78, 5) is 21.3. The molecule has 138 valence electrons. The zero-order chi connectivity index (χ0) is 19.6. The number of aryl methyl sites for hydroxylation is 1. The maximum absolute atomic E-state index is 11.3. The van der Waals surface area contributed by atoms with Gasteiger partial charge in [0.2, 0.25) is 5.89 Å². The number of rotatable bonds is 6. The van der Waals surface area contributed by atoms with Crippen molar-refractivity contribution in [2.24, 2.45) is 0 Å². The van der Waals surface area contributed by atoms with E-state index in [-0.39, 0.29) is 26.6 Å². The summed E-state index contributed by atoms with van der Waals surface area (Å²) in [6.45, 7) is 1.58. The third-order valence-electron chi connectivity index (χ3n) is 3.24. The van der Waals surface area contributed by atoms with Crippen molar-refractivity contribution in [3.05, 3.63) is 62.0 Å². The minimum Gasteiger partial charge on any atom is -0.544 e. The second kappa shape index (κ2) is 7.64. The largest absolute Gasteiger partial charge is 0.544 e. The van der Waals surface area contributed by atoms with E-state index in [2.05, 4.69) is 10.2 Å². The molecule has 0 N–H and O–H groups in total. The van der Waals surface area contributed by atoms with Crippen molar-refractivity contribution in [2.45, 2.75) is 12.1 Å². The number of benzene rings is 1. The second-order valence-electron chi connectivity index (χ2n) is 5.11. The van der Waals surface area contributed by atoms with E-state index in [1.165, 1.54) is 30.3 Å². The molecule has 11 heteroatoms. The molecule has 0 radical (unpaired) electrons. The zero-order valence-electron chi connectivity index (χ0n) is 13.5. The fourth-order valence-electron chi connectivity index (χ4n) is 2.07.